The normalized spacial score (nSPS) is 21.2. The first-order valence-corrected chi connectivity index (χ1v) is 15.4. The van der Waals surface area contributed by atoms with Crippen molar-refractivity contribution in [2.45, 2.75) is 115 Å². The van der Waals surface area contributed by atoms with Crippen molar-refractivity contribution in [3.05, 3.63) is 23.8 Å². The van der Waals surface area contributed by atoms with Gasteiger partial charge in [0.1, 0.15) is 18.0 Å². The zero-order valence-electron chi connectivity index (χ0n) is 23.7. The van der Waals surface area contributed by atoms with Gasteiger partial charge in [0.05, 0.1) is 45.7 Å². The van der Waals surface area contributed by atoms with Crippen LogP contribution in [0, 0.1) is 0 Å². The Labute approximate surface area is 223 Å². The molecule has 0 aliphatic heterocycles. The molecule has 34 heavy (non-hydrogen) atoms. The molecule has 0 spiro atoms. The Hall–Kier alpha value is -0.0200. The lowest BCUT2D eigenvalue weighted by molar-refractivity contribution is -0.911. The summed E-state index contributed by atoms with van der Waals surface area (Å²) in [5.41, 5.74) is 1.37. The van der Waals surface area contributed by atoms with Gasteiger partial charge in [-0.1, -0.05) is 71.6 Å². The third-order valence-electron chi connectivity index (χ3n) is 7.79. The number of alkyl halides is 2. The summed E-state index contributed by atoms with van der Waals surface area (Å²) in [5.74, 6) is 0. The molecule has 0 N–H and O–H groups in total. The topological polar surface area (TPSA) is 0 Å². The van der Waals surface area contributed by atoms with E-state index >= 15 is 0 Å². The summed E-state index contributed by atoms with van der Waals surface area (Å²) in [6.07, 6.45) is 22.3. The van der Waals surface area contributed by atoms with Crippen molar-refractivity contribution in [2.24, 2.45) is 0 Å². The number of allylic oxidation sites excluding steroid dienone is 1. The molecule has 0 fully saturated rings. The molecule has 2 unspecified atom stereocenters. The molecule has 0 radical (unpaired) electrons. The van der Waals surface area contributed by atoms with Crippen LogP contribution < -0.4 is 0 Å². The number of likely N-dealkylation sites (N-methyl/N-ethyl adjacent to an activating group) is 1. The summed E-state index contributed by atoms with van der Waals surface area (Å²) >= 11 is 14.3. The first-order chi connectivity index (χ1) is 16.2. The third-order valence-corrected chi connectivity index (χ3v) is 8.90. The van der Waals surface area contributed by atoms with Gasteiger partial charge >= 0.3 is 0 Å². The van der Waals surface area contributed by atoms with Gasteiger partial charge in [-0.05, 0) is 51.4 Å². The highest BCUT2D eigenvalue weighted by Crippen LogP contribution is 2.36. The molecule has 1 rings (SSSR count). The lowest BCUT2D eigenvalue weighted by Crippen LogP contribution is -2.55. The van der Waals surface area contributed by atoms with Crippen molar-refractivity contribution in [3.8, 4) is 0 Å². The summed E-state index contributed by atoms with van der Waals surface area (Å²) < 4.78 is 2.15. The molecule has 200 valence electrons. The van der Waals surface area contributed by atoms with Crippen molar-refractivity contribution in [1.29, 1.82) is 0 Å². The smallest absolute Gasteiger partial charge is 0.131 e. The van der Waals surface area contributed by atoms with Crippen LogP contribution in [0.2, 0.25) is 0 Å². The number of hydrogen-bond donors (Lipinski definition) is 0. The van der Waals surface area contributed by atoms with Crippen LogP contribution in [0.1, 0.15) is 105 Å². The van der Waals surface area contributed by atoms with E-state index in [1.165, 1.54) is 109 Å². The van der Waals surface area contributed by atoms with Crippen molar-refractivity contribution in [1.82, 2.24) is 0 Å². The molecule has 0 saturated heterocycles. The summed E-state index contributed by atoms with van der Waals surface area (Å²) in [6, 6.07) is 0. The van der Waals surface area contributed by atoms with Crippen molar-refractivity contribution >= 4 is 23.2 Å². The first kappa shape index (κ1) is 32.0. The number of nitrogens with zero attached hydrogens (tertiary/aromatic N) is 2. The Kier molecular flexibility index (Phi) is 15.7. The molecular formula is C30H58Cl2N2+2. The Bertz CT molecular complexity index is 581. The van der Waals surface area contributed by atoms with Crippen LogP contribution in [0.25, 0.3) is 0 Å². The minimum Gasteiger partial charge on any atom is -0.324 e. The monoisotopic (exact) mass is 516 g/mol. The lowest BCUT2D eigenvalue weighted by Gasteiger charge is -2.42. The number of rotatable bonds is 20. The fourth-order valence-electron chi connectivity index (χ4n) is 5.50. The van der Waals surface area contributed by atoms with Gasteiger partial charge in [0.25, 0.3) is 0 Å². The average molecular weight is 518 g/mol. The SMILES string of the molecule is CCCCC[N+](C)(CCCCC)CC1=CC(Cl)C(Cl)(C[N+](C)(CCCCC)CCCCC)C=C1. The molecule has 0 aromatic rings. The van der Waals surface area contributed by atoms with E-state index in [0.717, 1.165) is 22.1 Å². The van der Waals surface area contributed by atoms with Crippen molar-refractivity contribution in [3.63, 3.8) is 0 Å². The van der Waals surface area contributed by atoms with Gasteiger partial charge in [-0.25, -0.2) is 0 Å². The highest BCUT2D eigenvalue weighted by Gasteiger charge is 2.42. The second-order valence-corrected chi connectivity index (χ2v) is 12.9. The van der Waals surface area contributed by atoms with Gasteiger partial charge in [-0.3, -0.25) is 0 Å². The largest absolute Gasteiger partial charge is 0.324 e. The van der Waals surface area contributed by atoms with E-state index in [-0.39, 0.29) is 5.38 Å². The Morgan fingerprint density at radius 3 is 1.50 bits per heavy atom. The minimum absolute atomic E-state index is 0.149. The first-order valence-electron chi connectivity index (χ1n) is 14.6. The van der Waals surface area contributed by atoms with Crippen LogP contribution in [-0.2, 0) is 0 Å². The van der Waals surface area contributed by atoms with E-state index in [0.29, 0.717) is 0 Å². The molecule has 0 bridgehead atoms. The van der Waals surface area contributed by atoms with E-state index < -0.39 is 4.87 Å². The summed E-state index contributed by atoms with van der Waals surface area (Å²) in [7, 11) is 4.85. The fourth-order valence-corrected chi connectivity index (χ4v) is 6.22. The Balaban J connectivity index is 2.90. The molecule has 0 aromatic carbocycles. The summed E-state index contributed by atoms with van der Waals surface area (Å²) in [4.78, 5) is -0.494. The molecule has 0 amide bonds. The molecule has 2 nitrogen and oxygen atoms in total. The van der Waals surface area contributed by atoms with Crippen LogP contribution in [0.3, 0.4) is 0 Å². The highest BCUT2D eigenvalue weighted by molar-refractivity contribution is 6.34. The second kappa shape index (κ2) is 16.7. The predicted molar refractivity (Wildman–Crippen MR) is 155 cm³/mol. The van der Waals surface area contributed by atoms with Crippen LogP contribution in [0.4, 0.5) is 0 Å². The van der Waals surface area contributed by atoms with Gasteiger partial charge in [0.2, 0.25) is 0 Å². The number of unbranched alkanes of at least 4 members (excludes halogenated alkanes) is 8. The summed E-state index contributed by atoms with van der Waals surface area (Å²) in [6.45, 7) is 16.0. The maximum atomic E-state index is 7.29. The lowest BCUT2D eigenvalue weighted by atomic mass is 9.92. The van der Waals surface area contributed by atoms with E-state index in [9.17, 15) is 0 Å². The van der Waals surface area contributed by atoms with Gasteiger partial charge in [0, 0.05) is 5.57 Å². The van der Waals surface area contributed by atoms with Crippen LogP contribution in [0.15, 0.2) is 23.8 Å². The van der Waals surface area contributed by atoms with Crippen molar-refractivity contribution in [2.75, 3.05) is 53.4 Å². The van der Waals surface area contributed by atoms with Crippen LogP contribution in [-0.4, -0.2) is 72.6 Å². The molecule has 0 saturated carbocycles. The average Bonchev–Trinajstić information content (AvgIpc) is 2.77. The highest BCUT2D eigenvalue weighted by atomic mass is 35.5. The zero-order chi connectivity index (χ0) is 25.5. The van der Waals surface area contributed by atoms with Crippen LogP contribution in [0.5, 0.6) is 0 Å². The maximum absolute atomic E-state index is 7.29. The zero-order valence-corrected chi connectivity index (χ0v) is 25.2. The molecular weight excluding hydrogens is 459 g/mol. The fraction of sp³-hybridized carbons (Fsp3) is 0.867. The summed E-state index contributed by atoms with van der Waals surface area (Å²) in [5, 5.41) is -0.149. The molecule has 4 heteroatoms. The number of quaternary nitrogens is 2. The molecule has 1 aliphatic rings. The van der Waals surface area contributed by atoms with Crippen LogP contribution >= 0.6 is 23.2 Å². The van der Waals surface area contributed by atoms with Gasteiger partial charge in [-0.2, -0.15) is 0 Å². The van der Waals surface area contributed by atoms with E-state index in [1.54, 1.807) is 0 Å². The van der Waals surface area contributed by atoms with E-state index in [1.807, 2.05) is 0 Å². The third kappa shape index (κ3) is 11.8. The van der Waals surface area contributed by atoms with Gasteiger partial charge < -0.3 is 8.97 Å². The van der Waals surface area contributed by atoms with E-state index in [2.05, 4.69) is 60.0 Å². The van der Waals surface area contributed by atoms with E-state index in [4.69, 9.17) is 23.2 Å². The molecule has 0 aromatic heterocycles. The second-order valence-electron chi connectivity index (χ2n) is 11.7. The molecule has 2 atom stereocenters. The minimum atomic E-state index is -0.494. The number of hydrogen-bond acceptors (Lipinski definition) is 0. The molecule has 1 aliphatic carbocycles. The Morgan fingerprint density at radius 2 is 1.12 bits per heavy atom. The maximum Gasteiger partial charge on any atom is 0.131 e. The Morgan fingerprint density at radius 1 is 0.706 bits per heavy atom. The van der Waals surface area contributed by atoms with Gasteiger partial charge in [0.15, 0.2) is 0 Å². The van der Waals surface area contributed by atoms with Gasteiger partial charge in [-0.15, -0.1) is 23.2 Å². The van der Waals surface area contributed by atoms with Crippen molar-refractivity contribution < 1.29 is 8.97 Å². The molecule has 0 heterocycles. The predicted octanol–water partition coefficient (Wildman–Crippen LogP) is 8.72. The number of halogens is 2. The standard InChI is InChI=1S/C30H58Cl2N2/c1-7-11-15-21-33(5,22-16-12-8-2)26-28-19-20-30(32,29(31)25-28)27-34(6,23-17-13-9-3)24-18-14-10-4/h19-20,25,29H,7-18,21-24,26-27H2,1-6H3/q+2. The quantitative estimate of drug-likeness (QED) is 0.0860.